The maximum atomic E-state index is 13.9. The fourth-order valence-corrected chi connectivity index (χ4v) is 4.92. The maximum absolute atomic E-state index is 13.9. The van der Waals surface area contributed by atoms with Crippen LogP contribution in [0.3, 0.4) is 0 Å². The SMILES string of the molecule is COC(=O)C[C@H](C(=O)N1CCc2cc(OCc3ccc(-c4ccccc4)c(C(F)(F)F)c3)ccc21)N(C)C(=O)OC(C)(C)C. The van der Waals surface area contributed by atoms with Gasteiger partial charge >= 0.3 is 18.2 Å². The number of fused-ring (bicyclic) bond motifs is 1. The van der Waals surface area contributed by atoms with Crippen LogP contribution in [0.25, 0.3) is 11.1 Å². The van der Waals surface area contributed by atoms with E-state index in [1.807, 2.05) is 0 Å². The van der Waals surface area contributed by atoms with Crippen LogP contribution in [-0.4, -0.2) is 55.2 Å². The van der Waals surface area contributed by atoms with Crippen molar-refractivity contribution in [3.63, 3.8) is 0 Å². The van der Waals surface area contributed by atoms with E-state index >= 15 is 0 Å². The van der Waals surface area contributed by atoms with Gasteiger partial charge in [-0.2, -0.15) is 13.2 Å². The molecule has 0 fully saturated rings. The summed E-state index contributed by atoms with van der Waals surface area (Å²) < 4.78 is 57.8. The molecule has 1 atom stereocenters. The van der Waals surface area contributed by atoms with Crippen LogP contribution in [0, 0.1) is 0 Å². The molecule has 0 N–H and O–H groups in total. The lowest BCUT2D eigenvalue weighted by Crippen LogP contribution is -2.51. The Morgan fingerprint density at radius 2 is 1.68 bits per heavy atom. The van der Waals surface area contributed by atoms with Crippen molar-refractivity contribution in [1.82, 2.24) is 4.90 Å². The van der Waals surface area contributed by atoms with Gasteiger partial charge in [0, 0.05) is 19.3 Å². The van der Waals surface area contributed by atoms with Gasteiger partial charge in [-0.1, -0.05) is 42.5 Å². The first-order valence-electron chi connectivity index (χ1n) is 14.0. The second kappa shape index (κ2) is 13.0. The number of hydrogen-bond acceptors (Lipinski definition) is 6. The van der Waals surface area contributed by atoms with Gasteiger partial charge in [0.15, 0.2) is 0 Å². The monoisotopic (exact) mass is 612 g/mol. The number of carbonyl (C=O) groups is 3. The average molecular weight is 613 g/mol. The number of esters is 1. The minimum atomic E-state index is -4.55. The van der Waals surface area contributed by atoms with Gasteiger partial charge in [0.05, 0.1) is 19.1 Å². The minimum Gasteiger partial charge on any atom is -0.489 e. The van der Waals surface area contributed by atoms with E-state index in [1.165, 1.54) is 25.1 Å². The Labute approximate surface area is 254 Å². The largest absolute Gasteiger partial charge is 0.489 e. The van der Waals surface area contributed by atoms with Crippen LogP contribution in [0.5, 0.6) is 5.75 Å². The summed E-state index contributed by atoms with van der Waals surface area (Å²) in [7, 11) is 2.59. The number of halogens is 3. The van der Waals surface area contributed by atoms with Crippen molar-refractivity contribution in [1.29, 1.82) is 0 Å². The zero-order valence-electron chi connectivity index (χ0n) is 25.2. The number of benzene rings is 3. The third-order valence-corrected chi connectivity index (χ3v) is 7.11. The normalized spacial score (nSPS) is 13.6. The molecule has 0 bridgehead atoms. The summed E-state index contributed by atoms with van der Waals surface area (Å²) in [6, 6.07) is 16.4. The molecule has 234 valence electrons. The van der Waals surface area contributed by atoms with Crippen molar-refractivity contribution in [2.75, 3.05) is 25.6 Å². The summed E-state index contributed by atoms with van der Waals surface area (Å²) in [5.74, 6) is -0.711. The van der Waals surface area contributed by atoms with Gasteiger partial charge < -0.3 is 19.1 Å². The number of ether oxygens (including phenoxy) is 3. The van der Waals surface area contributed by atoms with Gasteiger partial charge in [0.1, 0.15) is 24.0 Å². The first-order chi connectivity index (χ1) is 20.7. The molecule has 8 nitrogen and oxygen atoms in total. The first kappa shape index (κ1) is 32.4. The predicted molar refractivity (Wildman–Crippen MR) is 158 cm³/mol. The van der Waals surface area contributed by atoms with Gasteiger partial charge in [-0.25, -0.2) is 4.79 Å². The number of carbonyl (C=O) groups excluding carboxylic acids is 3. The Hall–Kier alpha value is -4.54. The van der Waals surface area contributed by atoms with Crippen LogP contribution >= 0.6 is 0 Å². The van der Waals surface area contributed by atoms with Gasteiger partial charge in [0.25, 0.3) is 5.91 Å². The van der Waals surface area contributed by atoms with Gasteiger partial charge in [0.2, 0.25) is 0 Å². The molecule has 0 unspecified atom stereocenters. The van der Waals surface area contributed by atoms with E-state index in [4.69, 9.17) is 14.2 Å². The Morgan fingerprint density at radius 1 is 0.977 bits per heavy atom. The average Bonchev–Trinajstić information content (AvgIpc) is 3.40. The number of methoxy groups -OCH3 is 1. The molecule has 0 saturated carbocycles. The van der Waals surface area contributed by atoms with E-state index in [2.05, 4.69) is 0 Å². The predicted octanol–water partition coefficient (Wildman–Crippen LogP) is 6.64. The molecule has 4 rings (SSSR count). The second-order valence-electron chi connectivity index (χ2n) is 11.5. The summed E-state index contributed by atoms with van der Waals surface area (Å²) in [5, 5.41) is 0. The molecule has 0 radical (unpaired) electrons. The molecule has 1 aliphatic heterocycles. The van der Waals surface area contributed by atoms with Crippen molar-refractivity contribution in [3.8, 4) is 16.9 Å². The third kappa shape index (κ3) is 7.69. The lowest BCUT2D eigenvalue weighted by molar-refractivity contribution is -0.144. The standard InChI is InChI=1S/C33H35F3N2O6/c1-32(2,3)44-31(41)37(4)28(19-29(39)42-5)30(40)38-16-15-23-18-24(12-14-27(23)38)43-20-21-11-13-25(22-9-7-6-8-10-22)26(17-21)33(34,35)36/h6-14,17-18,28H,15-16,19-20H2,1-5H3/t28-/m1/s1. The summed E-state index contributed by atoms with van der Waals surface area (Å²) in [5.41, 5.74) is 0.724. The number of amides is 2. The lowest BCUT2D eigenvalue weighted by Gasteiger charge is -2.32. The van der Waals surface area contributed by atoms with E-state index in [1.54, 1.807) is 75.4 Å². The zero-order chi connectivity index (χ0) is 32.2. The molecule has 0 saturated heterocycles. The topological polar surface area (TPSA) is 85.4 Å². The smallest absolute Gasteiger partial charge is 0.417 e. The molecule has 1 aliphatic rings. The lowest BCUT2D eigenvalue weighted by atomic mass is 9.97. The number of rotatable bonds is 8. The van der Waals surface area contributed by atoms with Crippen LogP contribution in [0.15, 0.2) is 66.7 Å². The maximum Gasteiger partial charge on any atom is 0.417 e. The molecule has 0 spiro atoms. The number of hydrogen-bond donors (Lipinski definition) is 0. The highest BCUT2D eigenvalue weighted by Gasteiger charge is 2.38. The first-order valence-corrected chi connectivity index (χ1v) is 14.0. The van der Waals surface area contributed by atoms with E-state index in [0.29, 0.717) is 35.5 Å². The molecule has 3 aromatic carbocycles. The van der Waals surface area contributed by atoms with Gasteiger partial charge in [-0.05, 0) is 73.7 Å². The Balaban J connectivity index is 1.50. The van der Waals surface area contributed by atoms with Gasteiger partial charge in [-0.3, -0.25) is 14.5 Å². The van der Waals surface area contributed by atoms with E-state index in [9.17, 15) is 27.6 Å². The fourth-order valence-electron chi connectivity index (χ4n) is 4.92. The van der Waals surface area contributed by atoms with Crippen LogP contribution in [0.4, 0.5) is 23.7 Å². The van der Waals surface area contributed by atoms with E-state index in [-0.39, 0.29) is 18.6 Å². The molecule has 2 amide bonds. The molecular formula is C33H35F3N2O6. The second-order valence-corrected chi connectivity index (χ2v) is 11.5. The summed E-state index contributed by atoms with van der Waals surface area (Å²) in [4.78, 5) is 41.1. The summed E-state index contributed by atoms with van der Waals surface area (Å²) in [6.07, 6.45) is -5.19. The third-order valence-electron chi connectivity index (χ3n) is 7.11. The molecule has 11 heteroatoms. The molecule has 3 aromatic rings. The Morgan fingerprint density at radius 3 is 2.32 bits per heavy atom. The van der Waals surface area contributed by atoms with E-state index < -0.39 is 41.4 Å². The fraction of sp³-hybridized carbons (Fsp3) is 0.364. The summed E-state index contributed by atoms with van der Waals surface area (Å²) >= 11 is 0. The molecule has 0 aromatic heterocycles. The van der Waals surface area contributed by atoms with Crippen molar-refractivity contribution in [3.05, 3.63) is 83.4 Å². The van der Waals surface area contributed by atoms with Crippen LogP contribution < -0.4 is 9.64 Å². The van der Waals surface area contributed by atoms with Crippen molar-refractivity contribution in [2.24, 2.45) is 0 Å². The number of anilines is 1. The van der Waals surface area contributed by atoms with Crippen molar-refractivity contribution < 1.29 is 41.8 Å². The van der Waals surface area contributed by atoms with Gasteiger partial charge in [-0.15, -0.1) is 0 Å². The number of nitrogens with zero attached hydrogens (tertiary/aromatic N) is 2. The molecule has 1 heterocycles. The Kier molecular flexibility index (Phi) is 9.56. The van der Waals surface area contributed by atoms with Crippen molar-refractivity contribution >= 4 is 23.7 Å². The highest BCUT2D eigenvalue weighted by molar-refractivity contribution is 6.02. The number of likely N-dealkylation sites (N-methyl/N-ethyl adjacent to an activating group) is 1. The van der Waals surface area contributed by atoms with E-state index in [0.717, 1.165) is 16.5 Å². The Bertz CT molecular complexity index is 1520. The van der Waals surface area contributed by atoms with Crippen LogP contribution in [-0.2, 0) is 38.3 Å². The minimum absolute atomic E-state index is 0.0898. The molecule has 0 aliphatic carbocycles. The molecule has 44 heavy (non-hydrogen) atoms. The highest BCUT2D eigenvalue weighted by Crippen LogP contribution is 2.38. The van der Waals surface area contributed by atoms with Crippen LogP contribution in [0.1, 0.15) is 43.9 Å². The van der Waals surface area contributed by atoms with Crippen molar-refractivity contribution in [2.45, 2.75) is 58.0 Å². The van der Waals surface area contributed by atoms with Crippen LogP contribution in [0.2, 0.25) is 0 Å². The highest BCUT2D eigenvalue weighted by atomic mass is 19.4. The molecular weight excluding hydrogens is 577 g/mol. The summed E-state index contributed by atoms with van der Waals surface area (Å²) in [6.45, 7) is 5.29. The quantitative estimate of drug-likeness (QED) is 0.265. The zero-order valence-corrected chi connectivity index (χ0v) is 25.2. The number of alkyl halides is 3.